The van der Waals surface area contributed by atoms with E-state index in [0.29, 0.717) is 6.54 Å². The molecule has 1 atom stereocenters. The number of benzene rings is 1. The molecule has 2 aliphatic heterocycles. The molecule has 4 nitrogen and oxygen atoms in total. The Morgan fingerprint density at radius 2 is 1.95 bits per heavy atom. The van der Waals surface area contributed by atoms with Gasteiger partial charge in [-0.05, 0) is 17.5 Å². The summed E-state index contributed by atoms with van der Waals surface area (Å²) in [5.41, 5.74) is 2.05. The lowest BCUT2D eigenvalue weighted by Crippen LogP contribution is -2.57. The van der Waals surface area contributed by atoms with E-state index in [2.05, 4.69) is 12.1 Å². The highest BCUT2D eigenvalue weighted by Crippen LogP contribution is 2.34. The number of rotatable bonds is 0. The molecule has 21 heavy (non-hydrogen) atoms. The Kier molecular flexibility index (Phi) is 3.27. The van der Waals surface area contributed by atoms with Gasteiger partial charge in [-0.1, -0.05) is 45.0 Å². The molecule has 2 aliphatic rings. The lowest BCUT2D eigenvalue weighted by atomic mass is 9.89. The van der Waals surface area contributed by atoms with Crippen molar-refractivity contribution in [2.24, 2.45) is 5.41 Å². The van der Waals surface area contributed by atoms with E-state index in [-0.39, 0.29) is 24.4 Å². The van der Waals surface area contributed by atoms with E-state index in [1.54, 1.807) is 4.90 Å². The van der Waals surface area contributed by atoms with Crippen LogP contribution in [-0.2, 0) is 16.0 Å². The van der Waals surface area contributed by atoms with Crippen LogP contribution in [0.3, 0.4) is 0 Å². The van der Waals surface area contributed by atoms with Crippen molar-refractivity contribution in [2.75, 3.05) is 19.6 Å². The van der Waals surface area contributed by atoms with Gasteiger partial charge in [-0.15, -0.1) is 0 Å². The maximum absolute atomic E-state index is 12.5. The molecule has 0 aliphatic carbocycles. The Hall–Kier alpha value is -1.84. The first-order valence-corrected chi connectivity index (χ1v) is 7.54. The van der Waals surface area contributed by atoms with Crippen LogP contribution in [0.4, 0.5) is 0 Å². The van der Waals surface area contributed by atoms with Gasteiger partial charge in [0.2, 0.25) is 11.8 Å². The van der Waals surface area contributed by atoms with Gasteiger partial charge >= 0.3 is 0 Å². The second kappa shape index (κ2) is 4.86. The van der Waals surface area contributed by atoms with Gasteiger partial charge in [0.15, 0.2) is 0 Å². The van der Waals surface area contributed by atoms with Gasteiger partial charge < -0.3 is 9.80 Å². The molecule has 0 spiro atoms. The smallest absolute Gasteiger partial charge is 0.242 e. The molecule has 0 bridgehead atoms. The molecule has 0 N–H and O–H groups in total. The van der Waals surface area contributed by atoms with Crippen LogP contribution in [-0.4, -0.2) is 41.2 Å². The molecule has 1 aromatic rings. The average Bonchev–Trinajstić information content (AvgIpc) is 2.45. The molecular weight excluding hydrogens is 264 g/mol. The summed E-state index contributed by atoms with van der Waals surface area (Å²) in [6.07, 6.45) is 0.908. The summed E-state index contributed by atoms with van der Waals surface area (Å²) >= 11 is 0. The molecule has 3 rings (SSSR count). The van der Waals surface area contributed by atoms with Crippen molar-refractivity contribution in [3.8, 4) is 0 Å². The molecule has 1 unspecified atom stereocenters. The zero-order valence-electron chi connectivity index (χ0n) is 12.9. The fourth-order valence-corrected chi connectivity index (χ4v) is 3.30. The van der Waals surface area contributed by atoms with Crippen LogP contribution in [0.2, 0.25) is 0 Å². The number of carbonyl (C=O) groups is 2. The number of hydrogen-bond donors (Lipinski definition) is 0. The first-order valence-electron chi connectivity index (χ1n) is 7.54. The van der Waals surface area contributed by atoms with Crippen molar-refractivity contribution < 1.29 is 9.59 Å². The average molecular weight is 286 g/mol. The largest absolute Gasteiger partial charge is 0.332 e. The molecule has 2 heterocycles. The van der Waals surface area contributed by atoms with Crippen LogP contribution in [0.25, 0.3) is 0 Å². The van der Waals surface area contributed by atoms with E-state index >= 15 is 0 Å². The van der Waals surface area contributed by atoms with Crippen molar-refractivity contribution >= 4 is 11.8 Å². The normalized spacial score (nSPS) is 21.9. The van der Waals surface area contributed by atoms with Gasteiger partial charge in [0, 0.05) is 18.5 Å². The van der Waals surface area contributed by atoms with Crippen molar-refractivity contribution in [2.45, 2.75) is 33.2 Å². The molecule has 112 valence electrons. The summed E-state index contributed by atoms with van der Waals surface area (Å²) in [5.74, 6) is 0.122. The predicted molar refractivity (Wildman–Crippen MR) is 80.6 cm³/mol. The van der Waals surface area contributed by atoms with Crippen molar-refractivity contribution in [1.29, 1.82) is 0 Å². The van der Waals surface area contributed by atoms with Gasteiger partial charge in [-0.25, -0.2) is 0 Å². The summed E-state index contributed by atoms with van der Waals surface area (Å²) in [6, 6.07) is 8.28. The Bertz CT molecular complexity index is 589. The van der Waals surface area contributed by atoms with Crippen LogP contribution in [0, 0.1) is 5.41 Å². The monoisotopic (exact) mass is 286 g/mol. The second-order valence-corrected chi connectivity index (χ2v) is 6.99. The minimum absolute atomic E-state index is 0.0162. The first-order chi connectivity index (χ1) is 9.88. The van der Waals surface area contributed by atoms with E-state index < -0.39 is 5.41 Å². The lowest BCUT2D eigenvalue weighted by Gasteiger charge is -2.45. The highest BCUT2D eigenvalue weighted by Gasteiger charge is 2.40. The summed E-state index contributed by atoms with van der Waals surface area (Å²) in [7, 11) is 0. The molecule has 2 amide bonds. The van der Waals surface area contributed by atoms with E-state index in [4.69, 9.17) is 0 Å². The maximum atomic E-state index is 12.5. The molecular formula is C17H22N2O2. The van der Waals surface area contributed by atoms with Crippen molar-refractivity contribution in [1.82, 2.24) is 9.80 Å². The van der Waals surface area contributed by atoms with E-state index in [1.165, 1.54) is 11.1 Å². The molecule has 1 aromatic carbocycles. The Morgan fingerprint density at radius 1 is 1.24 bits per heavy atom. The fourth-order valence-electron chi connectivity index (χ4n) is 3.30. The quantitative estimate of drug-likeness (QED) is 0.732. The van der Waals surface area contributed by atoms with Crippen molar-refractivity contribution in [3.63, 3.8) is 0 Å². The van der Waals surface area contributed by atoms with Crippen LogP contribution in [0.5, 0.6) is 0 Å². The van der Waals surface area contributed by atoms with Crippen molar-refractivity contribution in [3.05, 3.63) is 35.4 Å². The first kappa shape index (κ1) is 14.1. The second-order valence-electron chi connectivity index (χ2n) is 6.99. The number of piperazine rings is 1. The summed E-state index contributed by atoms with van der Waals surface area (Å²) in [5, 5.41) is 0. The zero-order chi connectivity index (χ0) is 15.2. The van der Waals surface area contributed by atoms with Gasteiger partial charge in [0.25, 0.3) is 0 Å². The van der Waals surface area contributed by atoms with Gasteiger partial charge in [0.1, 0.15) is 0 Å². The third-order valence-electron chi connectivity index (χ3n) is 4.38. The van der Waals surface area contributed by atoms with Gasteiger partial charge in [-0.3, -0.25) is 9.59 Å². The molecule has 0 radical (unpaired) electrons. The van der Waals surface area contributed by atoms with Crippen LogP contribution in [0.15, 0.2) is 24.3 Å². The highest BCUT2D eigenvalue weighted by atomic mass is 16.2. The minimum atomic E-state index is -0.448. The Labute approximate surface area is 125 Å². The zero-order valence-corrected chi connectivity index (χ0v) is 12.9. The van der Waals surface area contributed by atoms with Crippen LogP contribution < -0.4 is 0 Å². The van der Waals surface area contributed by atoms with E-state index in [1.807, 2.05) is 37.8 Å². The number of fused-ring (bicyclic) bond motifs is 3. The maximum Gasteiger partial charge on any atom is 0.242 e. The van der Waals surface area contributed by atoms with E-state index in [0.717, 1.165) is 13.0 Å². The molecule has 4 heteroatoms. The summed E-state index contributed by atoms with van der Waals surface area (Å²) in [4.78, 5) is 28.6. The van der Waals surface area contributed by atoms with Gasteiger partial charge in [-0.2, -0.15) is 0 Å². The standard InChI is InChI=1S/C17H22N2O2/c1-17(2,3)16(21)18-10-14-13-7-5-4-6-12(13)8-9-19(14)15(20)11-18/h4-7,14H,8-11H2,1-3H3. The molecule has 0 saturated carbocycles. The number of hydrogen-bond acceptors (Lipinski definition) is 2. The van der Waals surface area contributed by atoms with Gasteiger partial charge in [0.05, 0.1) is 12.6 Å². The van der Waals surface area contributed by atoms with E-state index in [9.17, 15) is 9.59 Å². The third kappa shape index (κ3) is 2.43. The fraction of sp³-hybridized carbons (Fsp3) is 0.529. The number of nitrogens with zero attached hydrogens (tertiary/aromatic N) is 2. The minimum Gasteiger partial charge on any atom is -0.332 e. The number of carbonyl (C=O) groups excluding carboxylic acids is 2. The molecule has 1 fully saturated rings. The summed E-state index contributed by atoms with van der Waals surface area (Å²) < 4.78 is 0. The highest BCUT2D eigenvalue weighted by molar-refractivity contribution is 5.89. The topological polar surface area (TPSA) is 40.6 Å². The predicted octanol–water partition coefficient (Wildman–Crippen LogP) is 2.00. The Balaban J connectivity index is 1.92. The third-order valence-corrected chi connectivity index (χ3v) is 4.38. The molecule has 1 saturated heterocycles. The SMILES string of the molecule is CC(C)(C)C(=O)N1CC(=O)N2CCc3ccccc3C2C1. The molecule has 0 aromatic heterocycles. The lowest BCUT2D eigenvalue weighted by molar-refractivity contribution is -0.153. The number of amides is 2. The Morgan fingerprint density at radius 3 is 2.67 bits per heavy atom. The summed E-state index contributed by atoms with van der Waals surface area (Å²) in [6.45, 7) is 7.30. The van der Waals surface area contributed by atoms with Crippen LogP contribution in [0.1, 0.15) is 37.9 Å². The van der Waals surface area contributed by atoms with Crippen LogP contribution >= 0.6 is 0 Å².